The summed E-state index contributed by atoms with van der Waals surface area (Å²) in [6.45, 7) is 0. The van der Waals surface area contributed by atoms with Gasteiger partial charge in [0.1, 0.15) is 5.84 Å². The fourth-order valence-corrected chi connectivity index (χ4v) is 1.78. The summed E-state index contributed by atoms with van der Waals surface area (Å²) in [5, 5.41) is 0.722. The Bertz CT molecular complexity index is 562. The van der Waals surface area contributed by atoms with E-state index in [2.05, 4.69) is 4.99 Å². The van der Waals surface area contributed by atoms with Crippen LogP contribution in [-0.2, 0) is 0 Å². The average Bonchev–Trinajstić information content (AvgIpc) is 2.40. The molecule has 0 saturated carbocycles. The Morgan fingerprint density at radius 1 is 1.06 bits per heavy atom. The van der Waals surface area contributed by atoms with E-state index in [1.54, 1.807) is 0 Å². The maximum Gasteiger partial charge on any atom is 0.115 e. The molecule has 2 N–H and O–H groups in total. The Labute approximate surface area is 116 Å². The SMILES string of the molecule is NC(CCl)=Nc1cccc(-c2ccc(Cl)cc2)c1. The third-order valence-corrected chi connectivity index (χ3v) is 2.96. The third-order valence-electron chi connectivity index (χ3n) is 2.43. The molecule has 0 aliphatic carbocycles. The number of hydrogen-bond donors (Lipinski definition) is 1. The zero-order valence-corrected chi connectivity index (χ0v) is 11.1. The minimum atomic E-state index is 0.227. The van der Waals surface area contributed by atoms with Crippen molar-refractivity contribution in [3.8, 4) is 11.1 Å². The van der Waals surface area contributed by atoms with Crippen LogP contribution in [0.4, 0.5) is 5.69 Å². The largest absolute Gasteiger partial charge is 0.386 e. The Morgan fingerprint density at radius 2 is 1.78 bits per heavy atom. The van der Waals surface area contributed by atoms with Gasteiger partial charge in [0, 0.05) is 5.02 Å². The Balaban J connectivity index is 2.35. The molecule has 2 nitrogen and oxygen atoms in total. The van der Waals surface area contributed by atoms with E-state index in [0.717, 1.165) is 21.8 Å². The van der Waals surface area contributed by atoms with Gasteiger partial charge in [-0.15, -0.1) is 11.6 Å². The van der Waals surface area contributed by atoms with Gasteiger partial charge in [-0.25, -0.2) is 4.99 Å². The van der Waals surface area contributed by atoms with Gasteiger partial charge < -0.3 is 5.73 Å². The molecule has 0 radical (unpaired) electrons. The van der Waals surface area contributed by atoms with Gasteiger partial charge in [0.2, 0.25) is 0 Å². The topological polar surface area (TPSA) is 38.4 Å². The predicted molar refractivity (Wildman–Crippen MR) is 78.9 cm³/mol. The van der Waals surface area contributed by atoms with Crippen LogP contribution in [0.15, 0.2) is 53.5 Å². The van der Waals surface area contributed by atoms with E-state index in [-0.39, 0.29) is 5.88 Å². The molecule has 2 aromatic rings. The van der Waals surface area contributed by atoms with Crippen molar-refractivity contribution in [2.75, 3.05) is 5.88 Å². The van der Waals surface area contributed by atoms with Gasteiger partial charge in [-0.2, -0.15) is 0 Å². The summed E-state index contributed by atoms with van der Waals surface area (Å²) >= 11 is 11.5. The van der Waals surface area contributed by atoms with E-state index in [1.807, 2.05) is 48.5 Å². The molecule has 0 fully saturated rings. The second kappa shape index (κ2) is 5.89. The van der Waals surface area contributed by atoms with Crippen LogP contribution < -0.4 is 5.73 Å². The predicted octanol–water partition coefficient (Wildman–Crippen LogP) is 4.23. The number of amidine groups is 1. The van der Waals surface area contributed by atoms with Gasteiger partial charge in [-0.1, -0.05) is 35.9 Å². The quantitative estimate of drug-likeness (QED) is 0.509. The molecular weight excluding hydrogens is 267 g/mol. The monoisotopic (exact) mass is 278 g/mol. The number of nitrogens with zero attached hydrogens (tertiary/aromatic N) is 1. The van der Waals surface area contributed by atoms with Gasteiger partial charge in [0.25, 0.3) is 0 Å². The minimum Gasteiger partial charge on any atom is -0.386 e. The molecule has 0 spiro atoms. The lowest BCUT2D eigenvalue weighted by molar-refractivity contribution is 1.45. The molecule has 0 atom stereocenters. The molecule has 0 saturated heterocycles. The van der Waals surface area contributed by atoms with E-state index in [4.69, 9.17) is 28.9 Å². The van der Waals surface area contributed by atoms with Gasteiger partial charge in [0.15, 0.2) is 0 Å². The molecule has 0 aliphatic heterocycles. The van der Waals surface area contributed by atoms with E-state index < -0.39 is 0 Å². The second-order valence-electron chi connectivity index (χ2n) is 3.79. The zero-order chi connectivity index (χ0) is 13.0. The number of benzene rings is 2. The average molecular weight is 279 g/mol. The van der Waals surface area contributed by atoms with Gasteiger partial charge in [0.05, 0.1) is 11.6 Å². The number of aliphatic imine (C=N–C) groups is 1. The summed E-state index contributed by atoms with van der Waals surface area (Å²) in [7, 11) is 0. The van der Waals surface area contributed by atoms with Crippen molar-refractivity contribution in [2.24, 2.45) is 10.7 Å². The maximum absolute atomic E-state index is 5.86. The molecule has 92 valence electrons. The first kappa shape index (κ1) is 12.9. The van der Waals surface area contributed by atoms with Crippen molar-refractivity contribution in [2.45, 2.75) is 0 Å². The van der Waals surface area contributed by atoms with E-state index in [1.165, 1.54) is 0 Å². The number of halogens is 2. The molecule has 2 rings (SSSR count). The Kier molecular flexibility index (Phi) is 4.24. The van der Waals surface area contributed by atoms with Crippen LogP contribution in [-0.4, -0.2) is 11.7 Å². The lowest BCUT2D eigenvalue weighted by Gasteiger charge is -2.03. The molecule has 0 heterocycles. The van der Waals surface area contributed by atoms with Crippen LogP contribution in [0, 0.1) is 0 Å². The minimum absolute atomic E-state index is 0.227. The highest BCUT2D eigenvalue weighted by molar-refractivity contribution is 6.30. The summed E-state index contributed by atoms with van der Waals surface area (Å²) in [5.41, 5.74) is 8.56. The molecule has 0 bridgehead atoms. The highest BCUT2D eigenvalue weighted by Gasteiger charge is 1.99. The van der Waals surface area contributed by atoms with Crippen molar-refractivity contribution in [1.29, 1.82) is 0 Å². The fourth-order valence-electron chi connectivity index (χ4n) is 1.59. The van der Waals surface area contributed by atoms with Crippen LogP contribution in [0.3, 0.4) is 0 Å². The highest BCUT2D eigenvalue weighted by atomic mass is 35.5. The third kappa shape index (κ3) is 3.25. The van der Waals surface area contributed by atoms with Crippen molar-refractivity contribution in [3.05, 3.63) is 53.6 Å². The van der Waals surface area contributed by atoms with Crippen LogP contribution >= 0.6 is 23.2 Å². The fraction of sp³-hybridized carbons (Fsp3) is 0.0714. The molecule has 0 amide bonds. The first-order valence-electron chi connectivity index (χ1n) is 5.44. The highest BCUT2D eigenvalue weighted by Crippen LogP contribution is 2.25. The van der Waals surface area contributed by atoms with Crippen molar-refractivity contribution in [1.82, 2.24) is 0 Å². The van der Waals surface area contributed by atoms with E-state index in [0.29, 0.717) is 5.84 Å². The van der Waals surface area contributed by atoms with Gasteiger partial charge in [-0.05, 0) is 35.4 Å². The second-order valence-corrected chi connectivity index (χ2v) is 4.50. The van der Waals surface area contributed by atoms with E-state index in [9.17, 15) is 0 Å². The maximum atomic E-state index is 5.86. The van der Waals surface area contributed by atoms with Crippen LogP contribution in [0.25, 0.3) is 11.1 Å². The smallest absolute Gasteiger partial charge is 0.115 e. The zero-order valence-electron chi connectivity index (χ0n) is 9.61. The molecule has 4 heteroatoms. The van der Waals surface area contributed by atoms with Gasteiger partial charge >= 0.3 is 0 Å². The molecule has 0 aliphatic rings. The molecule has 2 aromatic carbocycles. The van der Waals surface area contributed by atoms with Crippen LogP contribution in [0.5, 0.6) is 0 Å². The van der Waals surface area contributed by atoms with Crippen LogP contribution in [0.2, 0.25) is 5.02 Å². The number of rotatable bonds is 3. The Morgan fingerprint density at radius 3 is 2.44 bits per heavy atom. The standard InChI is InChI=1S/C14H12Cl2N2/c15-9-14(17)18-13-3-1-2-11(8-13)10-4-6-12(16)7-5-10/h1-8H,9H2,(H2,17,18). The summed E-state index contributed by atoms with van der Waals surface area (Å²) in [6, 6.07) is 15.5. The van der Waals surface area contributed by atoms with Crippen molar-refractivity contribution >= 4 is 34.7 Å². The summed E-state index contributed by atoms with van der Waals surface area (Å²) < 4.78 is 0. The first-order chi connectivity index (χ1) is 8.69. The lowest BCUT2D eigenvalue weighted by Crippen LogP contribution is -2.12. The number of alkyl halides is 1. The Hall–Kier alpha value is -1.51. The normalized spacial score (nSPS) is 11.6. The number of hydrogen-bond acceptors (Lipinski definition) is 1. The lowest BCUT2D eigenvalue weighted by atomic mass is 10.1. The molecule has 0 unspecified atom stereocenters. The summed E-state index contributed by atoms with van der Waals surface area (Å²) in [5.74, 6) is 0.635. The summed E-state index contributed by atoms with van der Waals surface area (Å²) in [4.78, 5) is 4.22. The molecule has 18 heavy (non-hydrogen) atoms. The van der Waals surface area contributed by atoms with Crippen molar-refractivity contribution < 1.29 is 0 Å². The van der Waals surface area contributed by atoms with Crippen LogP contribution in [0.1, 0.15) is 0 Å². The molecular formula is C14H12Cl2N2. The van der Waals surface area contributed by atoms with Gasteiger partial charge in [-0.3, -0.25) is 0 Å². The van der Waals surface area contributed by atoms with Crippen molar-refractivity contribution in [3.63, 3.8) is 0 Å². The first-order valence-corrected chi connectivity index (χ1v) is 6.35. The summed E-state index contributed by atoms with van der Waals surface area (Å²) in [6.07, 6.45) is 0. The van der Waals surface area contributed by atoms with E-state index >= 15 is 0 Å². The molecule has 0 aromatic heterocycles. The number of nitrogens with two attached hydrogens (primary N) is 1.